The van der Waals surface area contributed by atoms with Crippen LogP contribution in [-0.4, -0.2) is 11.2 Å². The van der Waals surface area contributed by atoms with Crippen molar-refractivity contribution in [1.29, 1.82) is 0 Å². The van der Waals surface area contributed by atoms with Gasteiger partial charge in [0.25, 0.3) is 0 Å². The van der Waals surface area contributed by atoms with E-state index in [1.807, 2.05) is 24.3 Å². The van der Waals surface area contributed by atoms with Gasteiger partial charge in [-0.15, -0.1) is 0 Å². The average molecular weight is 215 g/mol. The smallest absolute Gasteiger partial charge is 0.235 e. The summed E-state index contributed by atoms with van der Waals surface area (Å²) >= 11 is 0. The highest BCUT2D eigenvalue weighted by atomic mass is 16.3. The molecule has 1 N–H and O–H groups in total. The number of aliphatic imine (C=N–C) groups is 1. The van der Waals surface area contributed by atoms with Gasteiger partial charge in [-0.3, -0.25) is 0 Å². The van der Waals surface area contributed by atoms with E-state index in [-0.39, 0.29) is 5.54 Å². The van der Waals surface area contributed by atoms with Crippen LogP contribution in [-0.2, 0) is 15.9 Å². The lowest BCUT2D eigenvalue weighted by atomic mass is 9.94. The summed E-state index contributed by atoms with van der Waals surface area (Å²) in [4.78, 5) is 14.4. The Morgan fingerprint density at radius 1 is 1.12 bits per heavy atom. The van der Waals surface area contributed by atoms with Gasteiger partial charge in [0.15, 0.2) is 0 Å². The molecular weight excluding hydrogens is 202 g/mol. The van der Waals surface area contributed by atoms with E-state index < -0.39 is 5.60 Å². The van der Waals surface area contributed by atoms with Gasteiger partial charge in [0.05, 0.1) is 11.1 Å². The van der Waals surface area contributed by atoms with E-state index in [0.29, 0.717) is 0 Å². The van der Waals surface area contributed by atoms with Crippen LogP contribution in [0.3, 0.4) is 0 Å². The molecule has 0 heterocycles. The minimum Gasteiger partial charge on any atom is -0.385 e. The summed E-state index contributed by atoms with van der Waals surface area (Å²) in [6.45, 7) is 0. The molecule has 16 heavy (non-hydrogen) atoms. The summed E-state index contributed by atoms with van der Waals surface area (Å²) in [5.74, 6) is 0. The molecule has 0 unspecified atom stereocenters. The fourth-order valence-corrected chi connectivity index (χ4v) is 2.33. The molecule has 1 aromatic rings. The van der Waals surface area contributed by atoms with Gasteiger partial charge in [-0.2, -0.15) is 4.99 Å². The minimum atomic E-state index is -0.662. The topological polar surface area (TPSA) is 49.7 Å². The third kappa shape index (κ3) is 1.33. The molecular formula is C13H13NO2. The summed E-state index contributed by atoms with van der Waals surface area (Å²) in [6, 6.07) is 7.78. The zero-order chi connectivity index (χ0) is 11.2. The third-order valence-corrected chi connectivity index (χ3v) is 3.64. The number of carbonyl (C=O) groups excluding carboxylic acids is 1. The van der Waals surface area contributed by atoms with Crippen molar-refractivity contribution < 1.29 is 9.90 Å². The van der Waals surface area contributed by atoms with Crippen LogP contribution in [0.15, 0.2) is 29.3 Å². The second kappa shape index (κ2) is 3.03. The summed E-state index contributed by atoms with van der Waals surface area (Å²) < 4.78 is 0. The van der Waals surface area contributed by atoms with Crippen molar-refractivity contribution in [3.8, 4) is 0 Å². The normalized spacial score (nSPS) is 23.3. The Bertz CT molecular complexity index is 480. The van der Waals surface area contributed by atoms with Crippen LogP contribution in [0.5, 0.6) is 0 Å². The first-order chi connectivity index (χ1) is 7.70. The van der Waals surface area contributed by atoms with E-state index in [4.69, 9.17) is 0 Å². The zero-order valence-corrected chi connectivity index (χ0v) is 8.94. The lowest BCUT2D eigenvalue weighted by Crippen LogP contribution is -2.14. The van der Waals surface area contributed by atoms with E-state index in [0.717, 1.165) is 36.8 Å². The van der Waals surface area contributed by atoms with Gasteiger partial charge >= 0.3 is 0 Å². The van der Waals surface area contributed by atoms with Crippen molar-refractivity contribution in [3.05, 3.63) is 35.4 Å². The third-order valence-electron chi connectivity index (χ3n) is 3.64. The molecule has 3 nitrogen and oxygen atoms in total. The van der Waals surface area contributed by atoms with Gasteiger partial charge < -0.3 is 5.11 Å². The lowest BCUT2D eigenvalue weighted by molar-refractivity contribution is 0.149. The molecule has 0 bridgehead atoms. The van der Waals surface area contributed by atoms with E-state index >= 15 is 0 Å². The summed E-state index contributed by atoms with van der Waals surface area (Å²) in [5.41, 5.74) is 0.922. The molecule has 2 aliphatic rings. The predicted octanol–water partition coefficient (Wildman–Crippen LogP) is 1.99. The Balaban J connectivity index is 2.11. The molecule has 2 saturated carbocycles. The van der Waals surface area contributed by atoms with E-state index in [1.54, 1.807) is 6.08 Å². The van der Waals surface area contributed by atoms with Crippen molar-refractivity contribution in [1.82, 2.24) is 0 Å². The second-order valence-corrected chi connectivity index (χ2v) is 4.81. The highest BCUT2D eigenvalue weighted by molar-refractivity contribution is 5.47. The van der Waals surface area contributed by atoms with Crippen molar-refractivity contribution in [2.75, 3.05) is 0 Å². The van der Waals surface area contributed by atoms with Gasteiger partial charge in [0.2, 0.25) is 6.08 Å². The van der Waals surface area contributed by atoms with Crippen LogP contribution in [0, 0.1) is 0 Å². The maximum absolute atomic E-state index is 10.5. The highest BCUT2D eigenvalue weighted by Crippen LogP contribution is 2.55. The Labute approximate surface area is 93.8 Å². The molecule has 3 rings (SSSR count). The molecule has 0 aliphatic heterocycles. The molecule has 1 aromatic carbocycles. The molecule has 3 heteroatoms. The van der Waals surface area contributed by atoms with Crippen LogP contribution in [0.1, 0.15) is 36.8 Å². The standard InChI is InChI=1S/C13H13NO2/c15-9-14-12(5-6-12)10-3-1-2-4-11(10)13(16)7-8-13/h1-4,16H,5-8H2. The molecule has 0 radical (unpaired) electrons. The van der Waals surface area contributed by atoms with Gasteiger partial charge in [-0.05, 0) is 36.8 Å². The Hall–Kier alpha value is -1.44. The lowest BCUT2D eigenvalue weighted by Gasteiger charge is -2.17. The number of isocyanates is 1. The van der Waals surface area contributed by atoms with Crippen molar-refractivity contribution in [2.45, 2.75) is 36.8 Å². The largest absolute Gasteiger partial charge is 0.385 e. The fraction of sp³-hybridized carbons (Fsp3) is 0.462. The number of aliphatic hydroxyl groups is 1. The summed E-state index contributed by atoms with van der Waals surface area (Å²) in [7, 11) is 0. The number of nitrogens with zero attached hydrogens (tertiary/aromatic N) is 1. The number of hydrogen-bond acceptors (Lipinski definition) is 3. The van der Waals surface area contributed by atoms with Crippen LogP contribution in [0.25, 0.3) is 0 Å². The monoisotopic (exact) mass is 215 g/mol. The van der Waals surface area contributed by atoms with Crippen LogP contribution in [0.4, 0.5) is 0 Å². The molecule has 0 saturated heterocycles. The average Bonchev–Trinajstić information content (AvgIpc) is 3.19. The second-order valence-electron chi connectivity index (χ2n) is 4.81. The first kappa shape index (κ1) is 9.76. The Morgan fingerprint density at radius 3 is 2.25 bits per heavy atom. The first-order valence-electron chi connectivity index (χ1n) is 5.62. The van der Waals surface area contributed by atoms with Crippen LogP contribution >= 0.6 is 0 Å². The van der Waals surface area contributed by atoms with E-state index in [2.05, 4.69) is 4.99 Å². The van der Waals surface area contributed by atoms with Gasteiger partial charge in [0.1, 0.15) is 0 Å². The fourth-order valence-electron chi connectivity index (χ4n) is 2.33. The molecule has 0 aromatic heterocycles. The number of rotatable bonds is 3. The van der Waals surface area contributed by atoms with E-state index in [9.17, 15) is 9.90 Å². The van der Waals surface area contributed by atoms with E-state index in [1.165, 1.54) is 0 Å². The maximum Gasteiger partial charge on any atom is 0.235 e. The molecule has 0 spiro atoms. The molecule has 2 aliphatic carbocycles. The number of hydrogen-bond donors (Lipinski definition) is 1. The van der Waals surface area contributed by atoms with Crippen LogP contribution in [0.2, 0.25) is 0 Å². The Morgan fingerprint density at radius 2 is 1.75 bits per heavy atom. The molecule has 82 valence electrons. The van der Waals surface area contributed by atoms with Gasteiger partial charge in [0, 0.05) is 0 Å². The van der Waals surface area contributed by atoms with Gasteiger partial charge in [-0.1, -0.05) is 24.3 Å². The quantitative estimate of drug-likeness (QED) is 0.619. The highest BCUT2D eigenvalue weighted by Gasteiger charge is 2.51. The van der Waals surface area contributed by atoms with Crippen molar-refractivity contribution in [2.24, 2.45) is 4.99 Å². The maximum atomic E-state index is 10.5. The number of benzene rings is 1. The zero-order valence-electron chi connectivity index (χ0n) is 8.94. The first-order valence-corrected chi connectivity index (χ1v) is 5.62. The SMILES string of the molecule is O=C=NC1(c2ccccc2C2(O)CC2)CC1. The minimum absolute atomic E-state index is 0.378. The molecule has 2 fully saturated rings. The van der Waals surface area contributed by atoms with Gasteiger partial charge in [-0.25, -0.2) is 4.79 Å². The van der Waals surface area contributed by atoms with Crippen molar-refractivity contribution in [3.63, 3.8) is 0 Å². The Kier molecular flexibility index (Phi) is 1.85. The molecule has 0 atom stereocenters. The van der Waals surface area contributed by atoms with Crippen molar-refractivity contribution >= 4 is 6.08 Å². The predicted molar refractivity (Wildman–Crippen MR) is 58.6 cm³/mol. The summed E-state index contributed by atoms with van der Waals surface area (Å²) in [6.07, 6.45) is 5.05. The van der Waals surface area contributed by atoms with Crippen LogP contribution < -0.4 is 0 Å². The molecule has 0 amide bonds. The summed E-state index contributed by atoms with van der Waals surface area (Å²) in [5, 5.41) is 10.2.